The number of esters is 1. The van der Waals surface area contributed by atoms with Crippen molar-refractivity contribution < 1.29 is 18.7 Å². The lowest BCUT2D eigenvalue weighted by molar-refractivity contribution is -0.149. The van der Waals surface area contributed by atoms with Crippen LogP contribution in [0.5, 0.6) is 0 Å². The Morgan fingerprint density at radius 3 is 2.65 bits per heavy atom. The molecule has 10 heteroatoms. The number of anilines is 1. The van der Waals surface area contributed by atoms with E-state index in [-0.39, 0.29) is 5.91 Å². The Labute approximate surface area is 213 Å². The molecule has 0 saturated carbocycles. The lowest BCUT2D eigenvalue weighted by Gasteiger charge is -2.14. The van der Waals surface area contributed by atoms with Crippen LogP contribution in [-0.2, 0) is 14.3 Å². The van der Waals surface area contributed by atoms with Crippen LogP contribution in [0.1, 0.15) is 20.1 Å². The van der Waals surface area contributed by atoms with Gasteiger partial charge in [0.05, 0.1) is 11.9 Å². The molecule has 0 aliphatic carbocycles. The Hall–Kier alpha value is -4.44. The number of pyridine rings is 3. The molecule has 4 aromatic heterocycles. The molecule has 0 radical (unpaired) electrons. The number of carbonyl (C=O) groups is 2. The summed E-state index contributed by atoms with van der Waals surface area (Å²) in [5, 5.41) is 3.54. The van der Waals surface area contributed by atoms with Gasteiger partial charge in [0, 0.05) is 72.5 Å². The van der Waals surface area contributed by atoms with Crippen molar-refractivity contribution in [3.8, 4) is 22.3 Å². The van der Waals surface area contributed by atoms with Crippen LogP contribution in [-0.4, -0.2) is 56.9 Å². The number of likely N-dealkylation sites (N-methyl/N-ethyl adjacent to an activating group) is 1. The van der Waals surface area contributed by atoms with Crippen LogP contribution < -0.4 is 5.32 Å². The highest BCUT2D eigenvalue weighted by Gasteiger charge is 2.18. The number of halogens is 1. The van der Waals surface area contributed by atoms with E-state index in [9.17, 15) is 14.0 Å². The largest absolute Gasteiger partial charge is 0.442 e. The number of nitrogens with one attached hydrogen (secondary N) is 1. The van der Waals surface area contributed by atoms with Gasteiger partial charge in [-0.2, -0.15) is 4.39 Å². The van der Waals surface area contributed by atoms with Crippen molar-refractivity contribution in [2.24, 2.45) is 0 Å². The van der Waals surface area contributed by atoms with Crippen LogP contribution in [0.4, 0.5) is 10.1 Å². The Bertz CT molecular complexity index is 1480. The number of aromatic nitrogens is 4. The van der Waals surface area contributed by atoms with Gasteiger partial charge in [0.2, 0.25) is 11.9 Å². The molecule has 0 aromatic carbocycles. The number of carbonyl (C=O) groups excluding carboxylic acids is 2. The maximum absolute atomic E-state index is 13.9. The maximum Gasteiger partial charge on any atom is 0.304 e. The van der Waals surface area contributed by atoms with Crippen molar-refractivity contribution in [3.63, 3.8) is 0 Å². The first kappa shape index (κ1) is 25.6. The fourth-order valence-electron chi connectivity index (χ4n) is 3.88. The monoisotopic (exact) mass is 502 g/mol. The highest BCUT2D eigenvalue weighted by atomic mass is 19.1. The molecule has 0 fully saturated rings. The summed E-state index contributed by atoms with van der Waals surface area (Å²) < 4.78 is 21.0. The molecule has 37 heavy (non-hydrogen) atoms. The topological polar surface area (TPSA) is 102 Å². The lowest BCUT2D eigenvalue weighted by atomic mass is 10.0. The van der Waals surface area contributed by atoms with Crippen LogP contribution in [0.25, 0.3) is 33.3 Å². The second-order valence-corrected chi connectivity index (χ2v) is 8.74. The minimum Gasteiger partial charge on any atom is -0.442 e. The summed E-state index contributed by atoms with van der Waals surface area (Å²) in [6.45, 7) is 3.72. The zero-order valence-electron chi connectivity index (χ0n) is 21.0. The normalized spacial score (nSPS) is 12.3. The summed E-state index contributed by atoms with van der Waals surface area (Å²) in [7, 11) is 3.84. The Morgan fingerprint density at radius 2 is 1.92 bits per heavy atom. The van der Waals surface area contributed by atoms with Crippen LogP contribution in [0.3, 0.4) is 0 Å². The van der Waals surface area contributed by atoms with Crippen molar-refractivity contribution in [3.05, 3.63) is 73.3 Å². The highest BCUT2D eigenvalue weighted by Crippen LogP contribution is 2.34. The summed E-state index contributed by atoms with van der Waals surface area (Å²) in [5.74, 6) is -1.29. The molecule has 0 spiro atoms. The SMILES string of the molecule is CC(=O)OC(C)n1cc(-c2ccnc(F)c2)c2cc(-c3cncc(NC(=O)/C=C/CN(C)C)c3)cnc21. The molecule has 1 unspecified atom stereocenters. The fourth-order valence-corrected chi connectivity index (χ4v) is 3.88. The summed E-state index contributed by atoms with van der Waals surface area (Å²) in [6.07, 6.45) is 10.7. The minimum atomic E-state index is -0.625. The molecule has 9 nitrogen and oxygen atoms in total. The quantitative estimate of drug-likeness (QED) is 0.216. The average molecular weight is 503 g/mol. The van der Waals surface area contributed by atoms with E-state index >= 15 is 0 Å². The van der Waals surface area contributed by atoms with E-state index in [4.69, 9.17) is 4.74 Å². The van der Waals surface area contributed by atoms with Gasteiger partial charge in [0.25, 0.3) is 0 Å². The predicted molar refractivity (Wildman–Crippen MR) is 139 cm³/mol. The van der Waals surface area contributed by atoms with E-state index in [0.717, 1.165) is 16.5 Å². The summed E-state index contributed by atoms with van der Waals surface area (Å²) in [6, 6.07) is 6.75. The smallest absolute Gasteiger partial charge is 0.304 e. The number of rotatable bonds is 8. The van der Waals surface area contributed by atoms with E-state index in [1.54, 1.807) is 54.5 Å². The number of amides is 1. The van der Waals surface area contributed by atoms with Gasteiger partial charge in [-0.05, 0) is 44.8 Å². The molecule has 0 aliphatic rings. The molecule has 4 rings (SSSR count). The van der Waals surface area contributed by atoms with Gasteiger partial charge in [-0.15, -0.1) is 0 Å². The number of hydrogen-bond acceptors (Lipinski definition) is 7. The third-order valence-electron chi connectivity index (χ3n) is 5.51. The van der Waals surface area contributed by atoms with Crippen molar-refractivity contribution in [1.29, 1.82) is 0 Å². The van der Waals surface area contributed by atoms with Gasteiger partial charge < -0.3 is 15.0 Å². The van der Waals surface area contributed by atoms with Gasteiger partial charge >= 0.3 is 5.97 Å². The minimum absolute atomic E-state index is 0.257. The lowest BCUT2D eigenvalue weighted by Crippen LogP contribution is -2.13. The zero-order chi connectivity index (χ0) is 26.5. The Kier molecular flexibility index (Phi) is 7.69. The predicted octanol–water partition coefficient (Wildman–Crippen LogP) is 4.44. The summed E-state index contributed by atoms with van der Waals surface area (Å²) >= 11 is 0. The van der Waals surface area contributed by atoms with Crippen LogP contribution in [0.15, 0.2) is 67.4 Å². The maximum atomic E-state index is 13.9. The summed E-state index contributed by atoms with van der Waals surface area (Å²) in [4.78, 5) is 38.3. The highest BCUT2D eigenvalue weighted by molar-refractivity contribution is 6.00. The van der Waals surface area contributed by atoms with Crippen molar-refractivity contribution in [2.45, 2.75) is 20.1 Å². The molecular formula is C27H27FN6O3. The van der Waals surface area contributed by atoms with Crippen LogP contribution in [0, 0.1) is 5.95 Å². The molecule has 4 heterocycles. The molecule has 0 saturated heterocycles. The van der Waals surface area contributed by atoms with Crippen LogP contribution in [0.2, 0.25) is 0 Å². The molecule has 190 valence electrons. The standard InChI is InChI=1S/C27H27FN6O3/c1-17(37-18(2)35)34-16-24(19-7-8-30-25(28)12-19)23-11-21(14-31-27(23)34)20-10-22(15-29-13-20)32-26(36)6-5-9-33(3)4/h5-8,10-17H,9H2,1-4H3,(H,32,36)/b6-5+. The number of nitrogens with zero attached hydrogens (tertiary/aromatic N) is 5. The van der Waals surface area contributed by atoms with E-state index in [1.807, 2.05) is 25.1 Å². The van der Waals surface area contributed by atoms with E-state index < -0.39 is 18.1 Å². The van der Waals surface area contributed by atoms with E-state index in [0.29, 0.717) is 29.0 Å². The Balaban J connectivity index is 1.73. The Morgan fingerprint density at radius 1 is 1.14 bits per heavy atom. The third-order valence-corrected chi connectivity index (χ3v) is 5.51. The third kappa shape index (κ3) is 6.22. The van der Waals surface area contributed by atoms with E-state index in [2.05, 4.69) is 20.3 Å². The number of hydrogen-bond donors (Lipinski definition) is 1. The van der Waals surface area contributed by atoms with Crippen LogP contribution >= 0.6 is 0 Å². The molecule has 0 aliphatic heterocycles. The first-order chi connectivity index (χ1) is 17.7. The molecule has 0 bridgehead atoms. The van der Waals surface area contributed by atoms with Crippen molar-refractivity contribution in [2.75, 3.05) is 26.0 Å². The van der Waals surface area contributed by atoms with Gasteiger partial charge in [0.1, 0.15) is 5.65 Å². The number of fused-ring (bicyclic) bond motifs is 1. The van der Waals surface area contributed by atoms with Gasteiger partial charge in [-0.1, -0.05) is 6.08 Å². The van der Waals surface area contributed by atoms with Crippen molar-refractivity contribution in [1.82, 2.24) is 24.4 Å². The van der Waals surface area contributed by atoms with Gasteiger partial charge in [-0.25, -0.2) is 9.97 Å². The van der Waals surface area contributed by atoms with Gasteiger partial charge in [-0.3, -0.25) is 19.1 Å². The van der Waals surface area contributed by atoms with Gasteiger partial charge in [0.15, 0.2) is 6.23 Å². The first-order valence-electron chi connectivity index (χ1n) is 11.6. The average Bonchev–Trinajstić information content (AvgIpc) is 3.23. The first-order valence-corrected chi connectivity index (χ1v) is 11.6. The summed E-state index contributed by atoms with van der Waals surface area (Å²) in [5.41, 5.74) is 3.88. The molecular weight excluding hydrogens is 475 g/mol. The second kappa shape index (κ2) is 11.1. The van der Waals surface area contributed by atoms with E-state index in [1.165, 1.54) is 25.3 Å². The molecule has 1 amide bonds. The van der Waals surface area contributed by atoms with Crippen molar-refractivity contribution >= 4 is 28.6 Å². The molecule has 1 atom stereocenters. The molecule has 1 N–H and O–H groups in total. The second-order valence-electron chi connectivity index (χ2n) is 8.74. The molecule has 4 aromatic rings. The number of ether oxygens (including phenoxy) is 1. The fraction of sp³-hybridized carbons (Fsp3) is 0.222. The zero-order valence-corrected chi connectivity index (χ0v) is 21.0.